The van der Waals surface area contributed by atoms with Crippen LogP contribution in [0.5, 0.6) is 5.75 Å². The number of hydrogen-bond donors (Lipinski definition) is 1. The maximum Gasteiger partial charge on any atom is 0.253 e. The Hall–Kier alpha value is -2.40. The van der Waals surface area contributed by atoms with Crippen molar-refractivity contribution in [3.63, 3.8) is 0 Å². The zero-order valence-corrected chi connectivity index (χ0v) is 12.7. The zero-order valence-electron chi connectivity index (χ0n) is 12.7. The Morgan fingerprint density at radius 2 is 2.09 bits per heavy atom. The number of benzene rings is 2. The van der Waals surface area contributed by atoms with Gasteiger partial charge in [0.1, 0.15) is 18.2 Å². The second kappa shape index (κ2) is 6.79. The second-order valence-corrected chi connectivity index (χ2v) is 5.75. The van der Waals surface area contributed by atoms with E-state index < -0.39 is 0 Å². The third kappa shape index (κ3) is 3.87. The molecule has 0 aliphatic carbocycles. The summed E-state index contributed by atoms with van der Waals surface area (Å²) < 4.78 is 18.7. The fourth-order valence-corrected chi connectivity index (χ4v) is 2.67. The summed E-state index contributed by atoms with van der Waals surface area (Å²) in [6.07, 6.45) is 0.841. The van der Waals surface area contributed by atoms with Crippen LogP contribution >= 0.6 is 0 Å². The van der Waals surface area contributed by atoms with Crippen LogP contribution in [0.15, 0.2) is 48.5 Å². The summed E-state index contributed by atoms with van der Waals surface area (Å²) in [6.45, 7) is 1.58. The van der Waals surface area contributed by atoms with Crippen molar-refractivity contribution < 1.29 is 13.9 Å². The van der Waals surface area contributed by atoms with Crippen molar-refractivity contribution in [1.82, 2.24) is 4.90 Å². The highest BCUT2D eigenvalue weighted by Gasteiger charge is 2.24. The van der Waals surface area contributed by atoms with Crippen LogP contribution in [0.4, 0.5) is 4.39 Å². The van der Waals surface area contributed by atoms with E-state index in [1.54, 1.807) is 23.1 Å². The molecule has 1 heterocycles. The van der Waals surface area contributed by atoms with Crippen molar-refractivity contribution in [2.45, 2.75) is 19.1 Å². The molecule has 1 amide bonds. The first kappa shape index (κ1) is 15.5. The van der Waals surface area contributed by atoms with Gasteiger partial charge in [0.2, 0.25) is 0 Å². The normalized spacial score (nSPS) is 17.3. The van der Waals surface area contributed by atoms with Crippen LogP contribution in [0.1, 0.15) is 22.3 Å². The second-order valence-electron chi connectivity index (χ2n) is 5.75. The van der Waals surface area contributed by atoms with Gasteiger partial charge < -0.3 is 15.4 Å². The third-order valence-corrected chi connectivity index (χ3v) is 3.89. The van der Waals surface area contributed by atoms with Crippen LogP contribution in [-0.4, -0.2) is 29.9 Å². The van der Waals surface area contributed by atoms with Gasteiger partial charge in [-0.3, -0.25) is 4.79 Å². The van der Waals surface area contributed by atoms with E-state index in [1.807, 2.05) is 18.2 Å². The number of carbonyl (C=O) groups excluding carboxylic acids is 1. The van der Waals surface area contributed by atoms with Crippen LogP contribution < -0.4 is 10.5 Å². The number of carbonyl (C=O) groups is 1. The van der Waals surface area contributed by atoms with Crippen molar-refractivity contribution in [3.8, 4) is 5.75 Å². The fraction of sp³-hybridized carbons (Fsp3) is 0.278. The van der Waals surface area contributed by atoms with Gasteiger partial charge in [0.05, 0.1) is 0 Å². The molecular formula is C18H19FN2O2. The lowest BCUT2D eigenvalue weighted by molar-refractivity contribution is 0.0790. The maximum absolute atomic E-state index is 13.1. The number of hydrogen-bond acceptors (Lipinski definition) is 3. The zero-order chi connectivity index (χ0) is 16.2. The van der Waals surface area contributed by atoms with Gasteiger partial charge in [-0.1, -0.05) is 18.2 Å². The predicted molar refractivity (Wildman–Crippen MR) is 85.7 cm³/mol. The van der Waals surface area contributed by atoms with Crippen molar-refractivity contribution >= 4 is 5.91 Å². The van der Waals surface area contributed by atoms with Gasteiger partial charge >= 0.3 is 0 Å². The quantitative estimate of drug-likeness (QED) is 0.943. The van der Waals surface area contributed by atoms with Crippen LogP contribution in [0.3, 0.4) is 0 Å². The molecule has 1 atom stereocenters. The summed E-state index contributed by atoms with van der Waals surface area (Å²) in [7, 11) is 0. The molecule has 1 saturated heterocycles. The van der Waals surface area contributed by atoms with Gasteiger partial charge in [-0.25, -0.2) is 4.39 Å². The first-order valence-corrected chi connectivity index (χ1v) is 7.64. The number of amides is 1. The summed E-state index contributed by atoms with van der Waals surface area (Å²) in [5.41, 5.74) is 7.34. The van der Waals surface area contributed by atoms with E-state index in [4.69, 9.17) is 10.5 Å². The molecule has 5 heteroatoms. The van der Waals surface area contributed by atoms with E-state index in [0.29, 0.717) is 24.4 Å². The van der Waals surface area contributed by atoms with E-state index in [-0.39, 0.29) is 24.4 Å². The van der Waals surface area contributed by atoms with Gasteiger partial charge in [-0.2, -0.15) is 0 Å². The molecule has 0 radical (unpaired) electrons. The lowest BCUT2D eigenvalue weighted by atomic mass is 10.1. The molecule has 3 rings (SSSR count). The Kier molecular flexibility index (Phi) is 4.57. The highest BCUT2D eigenvalue weighted by atomic mass is 19.1. The number of nitrogens with zero attached hydrogens (tertiary/aromatic N) is 1. The van der Waals surface area contributed by atoms with Gasteiger partial charge in [0.25, 0.3) is 5.91 Å². The average molecular weight is 314 g/mol. The smallest absolute Gasteiger partial charge is 0.253 e. The minimum Gasteiger partial charge on any atom is -0.489 e. The summed E-state index contributed by atoms with van der Waals surface area (Å²) >= 11 is 0. The largest absolute Gasteiger partial charge is 0.489 e. The maximum atomic E-state index is 13.1. The highest BCUT2D eigenvalue weighted by Crippen LogP contribution is 2.17. The third-order valence-electron chi connectivity index (χ3n) is 3.89. The van der Waals surface area contributed by atoms with Gasteiger partial charge in [-0.05, 0) is 36.2 Å². The molecule has 0 spiro atoms. The number of rotatable bonds is 4. The molecule has 2 aromatic carbocycles. The van der Waals surface area contributed by atoms with E-state index >= 15 is 0 Å². The summed E-state index contributed by atoms with van der Waals surface area (Å²) in [4.78, 5) is 14.2. The predicted octanol–water partition coefficient (Wildman–Crippen LogP) is 2.58. The topological polar surface area (TPSA) is 55.6 Å². The molecule has 1 aliphatic rings. The van der Waals surface area contributed by atoms with Crippen LogP contribution in [0.2, 0.25) is 0 Å². The summed E-state index contributed by atoms with van der Waals surface area (Å²) in [6, 6.07) is 13.4. The molecule has 0 saturated carbocycles. The fourth-order valence-electron chi connectivity index (χ4n) is 2.67. The lowest BCUT2D eigenvalue weighted by Crippen LogP contribution is -2.31. The molecule has 0 unspecified atom stereocenters. The number of likely N-dealkylation sites (tertiary alicyclic amines) is 1. The van der Waals surface area contributed by atoms with E-state index in [9.17, 15) is 9.18 Å². The molecule has 0 aromatic heterocycles. The van der Waals surface area contributed by atoms with Crippen molar-refractivity contribution in [3.05, 3.63) is 65.5 Å². The molecule has 120 valence electrons. The van der Waals surface area contributed by atoms with Crippen molar-refractivity contribution in [1.29, 1.82) is 0 Å². The molecule has 0 bridgehead atoms. The Labute approximate surface area is 134 Å². The van der Waals surface area contributed by atoms with E-state index in [0.717, 1.165) is 12.0 Å². The minimum absolute atomic E-state index is 0.00874. The molecule has 1 fully saturated rings. The van der Waals surface area contributed by atoms with E-state index in [1.165, 1.54) is 12.1 Å². The Bertz CT molecular complexity index is 705. The van der Waals surface area contributed by atoms with E-state index in [2.05, 4.69) is 0 Å². The average Bonchev–Trinajstić information content (AvgIpc) is 2.99. The monoisotopic (exact) mass is 314 g/mol. The molecule has 2 aromatic rings. The summed E-state index contributed by atoms with van der Waals surface area (Å²) in [5, 5.41) is 0. The number of ether oxygens (including phenoxy) is 1. The standard InChI is InChI=1S/C18H19FN2O2/c19-15-5-2-6-17(10-15)23-12-13-3-1-4-14(9-13)18(22)21-8-7-16(20)11-21/h1-6,9-10,16H,7-8,11-12,20H2/t16-/m1/s1. The Morgan fingerprint density at radius 1 is 1.26 bits per heavy atom. The number of nitrogens with two attached hydrogens (primary N) is 1. The summed E-state index contributed by atoms with van der Waals surface area (Å²) in [5.74, 6) is 0.120. The van der Waals surface area contributed by atoms with Crippen molar-refractivity contribution in [2.24, 2.45) is 5.73 Å². The SMILES string of the molecule is N[C@@H]1CCN(C(=O)c2cccc(COc3cccc(F)c3)c2)C1. The van der Waals surface area contributed by atoms with Gasteiger partial charge in [-0.15, -0.1) is 0 Å². The molecule has 1 aliphatic heterocycles. The minimum atomic E-state index is -0.336. The lowest BCUT2D eigenvalue weighted by Gasteiger charge is -2.16. The Morgan fingerprint density at radius 3 is 2.83 bits per heavy atom. The first-order valence-electron chi connectivity index (χ1n) is 7.64. The molecule has 23 heavy (non-hydrogen) atoms. The van der Waals surface area contributed by atoms with Crippen LogP contribution in [-0.2, 0) is 6.61 Å². The van der Waals surface area contributed by atoms with Gasteiger partial charge in [0.15, 0.2) is 0 Å². The molecular weight excluding hydrogens is 295 g/mol. The molecule has 2 N–H and O–H groups in total. The first-order chi connectivity index (χ1) is 11.1. The van der Waals surface area contributed by atoms with Crippen molar-refractivity contribution in [2.75, 3.05) is 13.1 Å². The molecule has 4 nitrogen and oxygen atoms in total. The Balaban J connectivity index is 1.66. The van der Waals surface area contributed by atoms with Crippen LogP contribution in [0, 0.1) is 5.82 Å². The van der Waals surface area contributed by atoms with Crippen LogP contribution in [0.25, 0.3) is 0 Å². The highest BCUT2D eigenvalue weighted by molar-refractivity contribution is 5.94. The number of halogens is 1. The van der Waals surface area contributed by atoms with Gasteiger partial charge in [0, 0.05) is 30.8 Å².